The normalized spacial score (nSPS) is 12.7. The molecule has 0 aromatic heterocycles. The summed E-state index contributed by atoms with van der Waals surface area (Å²) in [5.74, 6) is -0.0495. The van der Waals surface area contributed by atoms with Crippen molar-refractivity contribution in [2.24, 2.45) is 0 Å². The molecule has 0 aromatic carbocycles. The summed E-state index contributed by atoms with van der Waals surface area (Å²) in [6, 6.07) is -0.629. The van der Waals surface area contributed by atoms with Crippen LogP contribution in [0.15, 0.2) is 36.5 Å². The summed E-state index contributed by atoms with van der Waals surface area (Å²) >= 11 is 0. The Kier molecular flexibility index (Phi) is 71.9. The van der Waals surface area contributed by atoms with Gasteiger partial charge in [-0.2, -0.15) is 0 Å². The van der Waals surface area contributed by atoms with Gasteiger partial charge in [-0.15, -0.1) is 0 Å². The highest BCUT2D eigenvalue weighted by molar-refractivity contribution is 5.76. The smallest absolute Gasteiger partial charge is 0.305 e. The predicted molar refractivity (Wildman–Crippen MR) is 370 cm³/mol. The van der Waals surface area contributed by atoms with Crippen molar-refractivity contribution in [1.29, 1.82) is 0 Å². The van der Waals surface area contributed by atoms with Crippen LogP contribution >= 0.6 is 0 Å². The maximum absolute atomic E-state index is 12.5. The van der Waals surface area contributed by atoms with E-state index in [9.17, 15) is 19.8 Å². The average Bonchev–Trinajstić information content (AvgIpc) is 3.51. The molecule has 0 aromatic rings. The number of unbranched alkanes of at least 4 members (excludes halogenated alkanes) is 57. The molecule has 6 nitrogen and oxygen atoms in total. The van der Waals surface area contributed by atoms with Crippen molar-refractivity contribution < 1.29 is 24.5 Å². The maximum Gasteiger partial charge on any atom is 0.305 e. The highest BCUT2D eigenvalue weighted by Gasteiger charge is 2.18. The van der Waals surface area contributed by atoms with Crippen LogP contribution in [0, 0.1) is 0 Å². The van der Waals surface area contributed by atoms with Gasteiger partial charge in [0.1, 0.15) is 0 Å². The zero-order chi connectivity index (χ0) is 60.6. The van der Waals surface area contributed by atoms with E-state index in [4.69, 9.17) is 4.74 Å². The van der Waals surface area contributed by atoms with E-state index in [1.807, 2.05) is 6.08 Å². The van der Waals surface area contributed by atoms with Gasteiger partial charge in [-0.1, -0.05) is 365 Å². The number of rotatable bonds is 72. The van der Waals surface area contributed by atoms with Crippen LogP contribution in [-0.2, 0) is 14.3 Å². The number of nitrogens with one attached hydrogen (secondary N) is 1. The number of ether oxygens (including phenoxy) is 1. The number of hydrogen-bond acceptors (Lipinski definition) is 5. The quantitative estimate of drug-likeness (QED) is 0.0320. The molecule has 0 rings (SSSR count). The van der Waals surface area contributed by atoms with E-state index >= 15 is 0 Å². The van der Waals surface area contributed by atoms with E-state index < -0.39 is 12.1 Å². The summed E-state index contributed by atoms with van der Waals surface area (Å²) in [7, 11) is 0. The molecule has 2 unspecified atom stereocenters. The van der Waals surface area contributed by atoms with Crippen molar-refractivity contribution in [2.45, 2.75) is 437 Å². The fourth-order valence-electron chi connectivity index (χ4n) is 12.0. The van der Waals surface area contributed by atoms with Crippen LogP contribution in [0.25, 0.3) is 0 Å². The second-order valence-corrected chi connectivity index (χ2v) is 26.3. The van der Waals surface area contributed by atoms with Crippen molar-refractivity contribution >= 4 is 11.9 Å². The third-order valence-corrected chi connectivity index (χ3v) is 17.9. The Morgan fingerprint density at radius 2 is 0.560 bits per heavy atom. The maximum atomic E-state index is 12.5. The van der Waals surface area contributed by atoms with E-state index in [0.29, 0.717) is 19.4 Å². The highest BCUT2D eigenvalue weighted by Crippen LogP contribution is 2.19. The number of amides is 1. The van der Waals surface area contributed by atoms with E-state index in [2.05, 4.69) is 43.5 Å². The molecule has 6 heteroatoms. The highest BCUT2D eigenvalue weighted by atomic mass is 16.5. The monoisotopic (exact) mass is 1180 g/mol. The van der Waals surface area contributed by atoms with Crippen LogP contribution < -0.4 is 5.32 Å². The molecule has 0 fully saturated rings. The molecule has 0 aliphatic rings. The third-order valence-electron chi connectivity index (χ3n) is 17.9. The van der Waals surface area contributed by atoms with Gasteiger partial charge >= 0.3 is 5.97 Å². The lowest BCUT2D eigenvalue weighted by Gasteiger charge is -2.20. The summed E-state index contributed by atoms with van der Waals surface area (Å²) in [6.07, 6.45) is 95.3. The summed E-state index contributed by atoms with van der Waals surface area (Å²) in [4.78, 5) is 24.6. The summed E-state index contributed by atoms with van der Waals surface area (Å²) in [5, 5.41) is 23.3. The Morgan fingerprint density at radius 3 is 0.845 bits per heavy atom. The minimum atomic E-state index is -0.845. The van der Waals surface area contributed by atoms with Crippen molar-refractivity contribution in [1.82, 2.24) is 5.32 Å². The van der Waals surface area contributed by atoms with Crippen molar-refractivity contribution in [3.05, 3.63) is 36.5 Å². The first-order valence-electron chi connectivity index (χ1n) is 38.3. The van der Waals surface area contributed by atoms with Gasteiger partial charge in [0, 0.05) is 12.8 Å². The first kappa shape index (κ1) is 82.1. The van der Waals surface area contributed by atoms with E-state index in [1.54, 1.807) is 6.08 Å². The number of aliphatic hydroxyl groups is 2. The molecule has 0 heterocycles. The van der Waals surface area contributed by atoms with Crippen LogP contribution in [-0.4, -0.2) is 47.4 Å². The standard InChI is InChI=1S/C78H149NO5/c1-3-5-7-9-11-13-15-17-19-21-22-32-35-39-42-46-50-54-58-62-66-70-76(81)75(74-80)79-77(82)71-67-63-59-55-51-47-43-40-36-33-30-28-26-24-23-25-27-29-31-34-37-41-45-49-53-57-61-65-69-73-84-78(83)72-68-64-60-56-52-48-44-38-20-18-16-14-12-10-8-6-4-2/h18,20,23,25,66,70,75-76,80-81H,3-17,19,21-22,24,26-65,67-69,71-74H2,1-2H3,(H,79,82)/b20-18-,25-23-,70-66+. The van der Waals surface area contributed by atoms with Gasteiger partial charge in [-0.3, -0.25) is 9.59 Å². The van der Waals surface area contributed by atoms with Gasteiger partial charge in [0.05, 0.1) is 25.4 Å². The third kappa shape index (κ3) is 69.2. The Bertz CT molecular complexity index is 1360. The summed E-state index contributed by atoms with van der Waals surface area (Å²) in [5.41, 5.74) is 0. The molecule has 84 heavy (non-hydrogen) atoms. The number of esters is 1. The molecule has 2 atom stereocenters. The van der Waals surface area contributed by atoms with Crippen LogP contribution in [0.4, 0.5) is 0 Å². The predicted octanol–water partition coefficient (Wildman–Crippen LogP) is 25.0. The van der Waals surface area contributed by atoms with Crippen LogP contribution in [0.5, 0.6) is 0 Å². The minimum Gasteiger partial charge on any atom is -0.466 e. The topological polar surface area (TPSA) is 95.9 Å². The van der Waals surface area contributed by atoms with Gasteiger partial charge in [0.2, 0.25) is 5.91 Å². The van der Waals surface area contributed by atoms with Crippen molar-refractivity contribution in [2.75, 3.05) is 13.2 Å². The van der Waals surface area contributed by atoms with Gasteiger partial charge in [-0.05, 0) is 83.5 Å². The van der Waals surface area contributed by atoms with E-state index in [-0.39, 0.29) is 18.5 Å². The molecule has 0 saturated carbocycles. The number of carbonyl (C=O) groups excluding carboxylic acids is 2. The Balaban J connectivity index is 3.39. The second kappa shape index (κ2) is 73.5. The Hall–Kier alpha value is -1.92. The van der Waals surface area contributed by atoms with Gasteiger partial charge in [-0.25, -0.2) is 0 Å². The molecule has 0 aliphatic heterocycles. The van der Waals surface area contributed by atoms with Crippen LogP contribution in [0.3, 0.4) is 0 Å². The fourth-order valence-corrected chi connectivity index (χ4v) is 12.0. The lowest BCUT2D eigenvalue weighted by molar-refractivity contribution is -0.143. The van der Waals surface area contributed by atoms with Crippen LogP contribution in [0.1, 0.15) is 425 Å². The Labute approximate surface area is 525 Å². The lowest BCUT2D eigenvalue weighted by atomic mass is 10.0. The molecule has 1 amide bonds. The number of hydrogen-bond donors (Lipinski definition) is 3. The number of allylic oxidation sites excluding steroid dienone is 5. The zero-order valence-electron chi connectivity index (χ0n) is 56.9. The molecule has 0 bridgehead atoms. The second-order valence-electron chi connectivity index (χ2n) is 26.3. The molecule has 0 aliphatic carbocycles. The zero-order valence-corrected chi connectivity index (χ0v) is 56.9. The van der Waals surface area contributed by atoms with E-state index in [0.717, 1.165) is 44.9 Å². The Morgan fingerprint density at radius 1 is 0.321 bits per heavy atom. The van der Waals surface area contributed by atoms with Gasteiger partial charge in [0.15, 0.2) is 0 Å². The summed E-state index contributed by atoms with van der Waals surface area (Å²) < 4.78 is 5.50. The fraction of sp³-hybridized carbons (Fsp3) is 0.897. The molecule has 0 spiro atoms. The van der Waals surface area contributed by atoms with E-state index in [1.165, 1.54) is 353 Å². The lowest BCUT2D eigenvalue weighted by Crippen LogP contribution is -2.45. The molecular weight excluding hydrogens is 1030 g/mol. The van der Waals surface area contributed by atoms with Crippen LogP contribution in [0.2, 0.25) is 0 Å². The van der Waals surface area contributed by atoms with Crippen molar-refractivity contribution in [3.8, 4) is 0 Å². The first-order chi connectivity index (χ1) is 41.5. The molecule has 3 N–H and O–H groups in total. The van der Waals surface area contributed by atoms with Gasteiger partial charge in [0.25, 0.3) is 0 Å². The SMILES string of the molecule is CCCCCCCC/C=C\CCCCCCCCCC(=O)OCCCCCCCCCCCCCC/C=C\CCCCCCCCCCCCCCCC(=O)NC(CO)C(O)/C=C/CCCCCCCCCCCCCCCCCCCCC. The molecule has 0 radical (unpaired) electrons. The van der Waals surface area contributed by atoms with Crippen molar-refractivity contribution in [3.63, 3.8) is 0 Å². The average molecular weight is 1180 g/mol. The largest absolute Gasteiger partial charge is 0.466 e. The number of aliphatic hydroxyl groups excluding tert-OH is 2. The molecule has 0 saturated heterocycles. The number of carbonyl (C=O) groups is 2. The minimum absolute atomic E-state index is 0.0135. The van der Waals surface area contributed by atoms with Gasteiger partial charge < -0.3 is 20.3 Å². The summed E-state index contributed by atoms with van der Waals surface area (Å²) in [6.45, 7) is 4.94. The first-order valence-corrected chi connectivity index (χ1v) is 38.3. The molecular formula is C78H149NO5. The molecule has 496 valence electrons.